The first-order valence-corrected chi connectivity index (χ1v) is 6.07. The number of aromatic hydroxyl groups is 1. The fourth-order valence-corrected chi connectivity index (χ4v) is 1.95. The van der Waals surface area contributed by atoms with E-state index in [-0.39, 0.29) is 22.7 Å². The van der Waals surface area contributed by atoms with Gasteiger partial charge in [0.05, 0.1) is 17.0 Å². The molecule has 0 amide bonds. The zero-order valence-corrected chi connectivity index (χ0v) is 11.0. The van der Waals surface area contributed by atoms with Crippen LogP contribution in [-0.2, 0) is 0 Å². The van der Waals surface area contributed by atoms with Gasteiger partial charge in [0.1, 0.15) is 23.1 Å². The van der Waals surface area contributed by atoms with Crippen LogP contribution in [0.3, 0.4) is 0 Å². The summed E-state index contributed by atoms with van der Waals surface area (Å²) in [5.41, 5.74) is -0.190. The number of rotatable bonds is 4. The summed E-state index contributed by atoms with van der Waals surface area (Å²) in [6.45, 7) is 1.55. The molecule has 21 heavy (non-hydrogen) atoms. The lowest BCUT2D eigenvalue weighted by molar-refractivity contribution is -0.384. The molecular weight excluding hydrogens is 282 g/mol. The Bertz CT molecular complexity index is 692. The first-order valence-electron chi connectivity index (χ1n) is 6.07. The van der Waals surface area contributed by atoms with E-state index in [0.29, 0.717) is 0 Å². The summed E-state index contributed by atoms with van der Waals surface area (Å²) < 4.78 is 26.8. The van der Waals surface area contributed by atoms with Gasteiger partial charge in [-0.25, -0.2) is 8.78 Å². The number of benzene rings is 2. The van der Waals surface area contributed by atoms with E-state index in [1.807, 2.05) is 0 Å². The molecule has 0 fully saturated rings. The fourth-order valence-electron chi connectivity index (χ4n) is 1.95. The summed E-state index contributed by atoms with van der Waals surface area (Å²) >= 11 is 0. The third kappa shape index (κ3) is 3.25. The van der Waals surface area contributed by atoms with Crippen molar-refractivity contribution in [3.8, 4) is 5.75 Å². The van der Waals surface area contributed by atoms with Crippen molar-refractivity contribution >= 4 is 11.4 Å². The normalized spacial score (nSPS) is 12.0. The fraction of sp³-hybridized carbons (Fsp3) is 0.143. The van der Waals surface area contributed by atoms with Crippen molar-refractivity contribution in [1.29, 1.82) is 0 Å². The second-order valence-electron chi connectivity index (χ2n) is 4.49. The molecule has 1 atom stereocenters. The minimum absolute atomic E-state index is 0.0531. The summed E-state index contributed by atoms with van der Waals surface area (Å²) in [5.74, 6) is -1.46. The minimum Gasteiger partial charge on any atom is -0.508 e. The molecule has 0 aliphatic rings. The highest BCUT2D eigenvalue weighted by molar-refractivity contribution is 5.64. The smallest absolute Gasteiger partial charge is 0.296 e. The van der Waals surface area contributed by atoms with Crippen molar-refractivity contribution in [3.05, 3.63) is 63.7 Å². The Balaban J connectivity index is 2.33. The number of nitro groups is 1. The average molecular weight is 294 g/mol. The first-order chi connectivity index (χ1) is 9.88. The van der Waals surface area contributed by atoms with Gasteiger partial charge in [-0.2, -0.15) is 0 Å². The van der Waals surface area contributed by atoms with Crippen LogP contribution in [0.5, 0.6) is 5.75 Å². The maximum absolute atomic E-state index is 13.7. The molecule has 110 valence electrons. The van der Waals surface area contributed by atoms with Crippen LogP contribution in [0.2, 0.25) is 0 Å². The van der Waals surface area contributed by atoms with Crippen LogP contribution >= 0.6 is 0 Å². The van der Waals surface area contributed by atoms with Crippen LogP contribution < -0.4 is 5.32 Å². The number of phenols is 1. The summed E-state index contributed by atoms with van der Waals surface area (Å²) in [6.07, 6.45) is 0. The standard InChI is InChI=1S/C14H12F2N2O3/c1-8(11-6-9(15)2-4-12(11)16)17-13-5-3-10(19)7-14(13)18(20)21/h2-8,17,19H,1H3. The maximum atomic E-state index is 13.7. The lowest BCUT2D eigenvalue weighted by atomic mass is 10.1. The van der Waals surface area contributed by atoms with Gasteiger partial charge in [0.25, 0.3) is 5.69 Å². The number of nitrogens with one attached hydrogen (secondary N) is 1. The Morgan fingerprint density at radius 2 is 1.95 bits per heavy atom. The molecule has 7 heteroatoms. The molecule has 0 heterocycles. The molecule has 0 radical (unpaired) electrons. The highest BCUT2D eigenvalue weighted by Crippen LogP contribution is 2.31. The molecule has 1 unspecified atom stereocenters. The highest BCUT2D eigenvalue weighted by Gasteiger charge is 2.18. The maximum Gasteiger partial charge on any atom is 0.296 e. The highest BCUT2D eigenvalue weighted by atomic mass is 19.1. The summed E-state index contributed by atoms with van der Waals surface area (Å²) in [6, 6.07) is 5.88. The molecule has 2 aromatic rings. The van der Waals surface area contributed by atoms with E-state index in [1.54, 1.807) is 6.92 Å². The lowest BCUT2D eigenvalue weighted by Crippen LogP contribution is -2.10. The molecule has 0 aliphatic carbocycles. The Morgan fingerprint density at radius 1 is 1.24 bits per heavy atom. The molecule has 0 saturated heterocycles. The molecular formula is C14H12F2N2O3. The topological polar surface area (TPSA) is 75.4 Å². The van der Waals surface area contributed by atoms with Crippen LogP contribution in [0, 0.1) is 21.7 Å². The van der Waals surface area contributed by atoms with Crippen molar-refractivity contribution in [3.63, 3.8) is 0 Å². The molecule has 0 aromatic heterocycles. The average Bonchev–Trinajstić information content (AvgIpc) is 2.43. The summed E-state index contributed by atoms with van der Waals surface area (Å²) in [4.78, 5) is 10.3. The third-order valence-electron chi connectivity index (χ3n) is 2.97. The van der Waals surface area contributed by atoms with Gasteiger partial charge < -0.3 is 10.4 Å². The van der Waals surface area contributed by atoms with Crippen LogP contribution in [-0.4, -0.2) is 10.0 Å². The van der Waals surface area contributed by atoms with Crippen LogP contribution in [0.15, 0.2) is 36.4 Å². The molecule has 0 saturated carbocycles. The van der Waals surface area contributed by atoms with E-state index < -0.39 is 22.6 Å². The van der Waals surface area contributed by atoms with Gasteiger partial charge in [0, 0.05) is 5.56 Å². The van der Waals surface area contributed by atoms with Crippen molar-refractivity contribution in [1.82, 2.24) is 0 Å². The largest absolute Gasteiger partial charge is 0.508 e. The Hall–Kier alpha value is -2.70. The molecule has 0 spiro atoms. The van der Waals surface area contributed by atoms with Crippen LogP contribution in [0.4, 0.5) is 20.2 Å². The van der Waals surface area contributed by atoms with Gasteiger partial charge in [-0.1, -0.05) is 0 Å². The van der Waals surface area contributed by atoms with Crippen molar-refractivity contribution in [2.75, 3.05) is 5.32 Å². The van der Waals surface area contributed by atoms with Gasteiger partial charge in [0.2, 0.25) is 0 Å². The van der Waals surface area contributed by atoms with Crippen molar-refractivity contribution < 1.29 is 18.8 Å². The van der Waals surface area contributed by atoms with Crippen molar-refractivity contribution in [2.24, 2.45) is 0 Å². The number of phenolic OH excluding ortho intramolecular Hbond substituents is 1. The zero-order valence-electron chi connectivity index (χ0n) is 11.0. The molecule has 0 aliphatic heterocycles. The minimum atomic E-state index is -0.691. The summed E-state index contributed by atoms with van der Waals surface area (Å²) in [5, 5.41) is 23.0. The number of halogens is 2. The monoisotopic (exact) mass is 294 g/mol. The van der Waals surface area contributed by atoms with E-state index in [9.17, 15) is 24.0 Å². The van der Waals surface area contributed by atoms with E-state index in [1.165, 1.54) is 12.1 Å². The zero-order chi connectivity index (χ0) is 15.6. The molecule has 2 aromatic carbocycles. The Labute approximate surface area is 119 Å². The van der Waals surface area contributed by atoms with Gasteiger partial charge in [-0.3, -0.25) is 10.1 Å². The Morgan fingerprint density at radius 3 is 2.62 bits per heavy atom. The SMILES string of the molecule is CC(Nc1ccc(O)cc1[N+](=O)[O-])c1cc(F)ccc1F. The van der Waals surface area contributed by atoms with E-state index >= 15 is 0 Å². The quantitative estimate of drug-likeness (QED) is 0.511. The molecule has 2 N–H and O–H groups in total. The number of anilines is 1. The lowest BCUT2D eigenvalue weighted by Gasteiger charge is -2.16. The number of hydrogen-bond donors (Lipinski definition) is 2. The van der Waals surface area contributed by atoms with Gasteiger partial charge >= 0.3 is 0 Å². The molecule has 0 bridgehead atoms. The second kappa shape index (κ2) is 5.74. The van der Waals surface area contributed by atoms with Crippen molar-refractivity contribution in [2.45, 2.75) is 13.0 Å². The molecule has 5 nitrogen and oxygen atoms in total. The van der Waals surface area contributed by atoms with E-state index in [0.717, 1.165) is 24.3 Å². The van der Waals surface area contributed by atoms with Crippen LogP contribution in [0.1, 0.15) is 18.5 Å². The predicted octanol–water partition coefficient (Wildman–Crippen LogP) is 3.75. The second-order valence-corrected chi connectivity index (χ2v) is 4.49. The first kappa shape index (κ1) is 14.7. The number of hydrogen-bond acceptors (Lipinski definition) is 4. The summed E-state index contributed by atoms with van der Waals surface area (Å²) in [7, 11) is 0. The van der Waals surface area contributed by atoms with Crippen LogP contribution in [0.25, 0.3) is 0 Å². The van der Waals surface area contributed by atoms with Gasteiger partial charge in [-0.15, -0.1) is 0 Å². The van der Waals surface area contributed by atoms with Gasteiger partial charge in [-0.05, 0) is 37.3 Å². The Kier molecular flexibility index (Phi) is 4.02. The third-order valence-corrected chi connectivity index (χ3v) is 2.97. The van der Waals surface area contributed by atoms with E-state index in [4.69, 9.17) is 0 Å². The number of nitro benzene ring substituents is 1. The number of nitrogens with zero attached hydrogens (tertiary/aromatic N) is 1. The van der Waals surface area contributed by atoms with Gasteiger partial charge in [0.15, 0.2) is 0 Å². The molecule has 2 rings (SSSR count). The predicted molar refractivity (Wildman–Crippen MR) is 73.2 cm³/mol. The van der Waals surface area contributed by atoms with E-state index in [2.05, 4.69) is 5.32 Å².